The van der Waals surface area contributed by atoms with Crippen molar-refractivity contribution in [3.63, 3.8) is 0 Å². The van der Waals surface area contributed by atoms with E-state index in [4.69, 9.17) is 0 Å². The summed E-state index contributed by atoms with van der Waals surface area (Å²) in [5.74, 6) is -0.184. The fourth-order valence-corrected chi connectivity index (χ4v) is 6.23. The summed E-state index contributed by atoms with van der Waals surface area (Å²) in [5.41, 5.74) is 3.19. The van der Waals surface area contributed by atoms with Gasteiger partial charge in [0.1, 0.15) is 6.29 Å². The molecule has 2 aliphatic heterocycles. The quantitative estimate of drug-likeness (QED) is 0.441. The van der Waals surface area contributed by atoms with Gasteiger partial charge in [-0.1, -0.05) is 38.2 Å². The zero-order valence-electron chi connectivity index (χ0n) is 24.0. The molecule has 0 aromatic heterocycles. The maximum absolute atomic E-state index is 13.1. The van der Waals surface area contributed by atoms with Gasteiger partial charge in [0.05, 0.1) is 0 Å². The molecule has 9 nitrogen and oxygen atoms in total. The molecule has 4 N–H and O–H groups in total. The van der Waals surface area contributed by atoms with Gasteiger partial charge in [0.15, 0.2) is 0 Å². The lowest BCUT2D eigenvalue weighted by molar-refractivity contribution is 0.0256. The highest BCUT2D eigenvalue weighted by molar-refractivity contribution is 6.04. The summed E-state index contributed by atoms with van der Waals surface area (Å²) in [6.07, 6.45) is 10.7. The van der Waals surface area contributed by atoms with Crippen molar-refractivity contribution >= 4 is 29.0 Å². The molecule has 3 fully saturated rings. The number of amides is 3. The van der Waals surface area contributed by atoms with Crippen LogP contribution >= 0.6 is 0 Å². The van der Waals surface area contributed by atoms with Gasteiger partial charge >= 0.3 is 6.03 Å². The van der Waals surface area contributed by atoms with Crippen molar-refractivity contribution in [2.24, 2.45) is 0 Å². The van der Waals surface area contributed by atoms with Gasteiger partial charge in [0.25, 0.3) is 5.91 Å². The van der Waals surface area contributed by atoms with E-state index in [-0.39, 0.29) is 23.8 Å². The summed E-state index contributed by atoms with van der Waals surface area (Å²) >= 11 is 0. The third kappa shape index (κ3) is 7.13. The van der Waals surface area contributed by atoms with Crippen LogP contribution in [0.15, 0.2) is 48.5 Å². The van der Waals surface area contributed by atoms with Crippen molar-refractivity contribution in [2.75, 3.05) is 62.4 Å². The SMILES string of the molecule is CN(C)c1ccc(C(=O)Nc2cccc(NC(=O)N3CCN(C4NCCC5(CCCCCCC5)N4)CC3)c2)cc1. The number of nitrogens with zero attached hydrogens (tertiary/aromatic N) is 3. The highest BCUT2D eigenvalue weighted by atomic mass is 16.2. The number of piperazine rings is 1. The van der Waals surface area contributed by atoms with Crippen LogP contribution in [-0.2, 0) is 0 Å². The van der Waals surface area contributed by atoms with Crippen LogP contribution in [0.1, 0.15) is 61.7 Å². The fourth-order valence-electron chi connectivity index (χ4n) is 6.23. The van der Waals surface area contributed by atoms with E-state index >= 15 is 0 Å². The molecule has 1 saturated carbocycles. The van der Waals surface area contributed by atoms with Crippen molar-refractivity contribution in [2.45, 2.75) is 63.2 Å². The van der Waals surface area contributed by atoms with E-state index < -0.39 is 0 Å². The second-order valence-corrected chi connectivity index (χ2v) is 11.7. The number of hydrogen-bond acceptors (Lipinski definition) is 6. The van der Waals surface area contributed by atoms with Crippen LogP contribution in [0, 0.1) is 0 Å². The first-order valence-corrected chi connectivity index (χ1v) is 14.9. The number of rotatable bonds is 5. The maximum atomic E-state index is 13.1. The van der Waals surface area contributed by atoms with Gasteiger partial charge < -0.3 is 20.4 Å². The molecule has 2 saturated heterocycles. The molecule has 3 aliphatic rings. The average Bonchev–Trinajstić information content (AvgIpc) is 2.96. The smallest absolute Gasteiger partial charge is 0.321 e. The van der Waals surface area contributed by atoms with E-state index in [1.807, 2.05) is 66.4 Å². The van der Waals surface area contributed by atoms with E-state index in [1.165, 1.54) is 51.4 Å². The molecule has 2 aromatic rings. The molecule has 1 aliphatic carbocycles. The first-order valence-electron chi connectivity index (χ1n) is 14.9. The van der Waals surface area contributed by atoms with E-state index in [9.17, 15) is 9.59 Å². The zero-order chi connectivity index (χ0) is 28.0. The molecule has 3 amide bonds. The molecule has 216 valence electrons. The van der Waals surface area contributed by atoms with Crippen molar-refractivity contribution in [3.8, 4) is 0 Å². The summed E-state index contributed by atoms with van der Waals surface area (Å²) < 4.78 is 0. The Bertz CT molecular complexity index is 1140. The number of nitrogens with one attached hydrogen (secondary N) is 4. The second kappa shape index (κ2) is 13.0. The van der Waals surface area contributed by atoms with Crippen LogP contribution in [0.5, 0.6) is 0 Å². The molecule has 9 heteroatoms. The first kappa shape index (κ1) is 28.4. The van der Waals surface area contributed by atoms with Crippen molar-refractivity contribution in [1.29, 1.82) is 0 Å². The van der Waals surface area contributed by atoms with Crippen LogP contribution in [0.25, 0.3) is 0 Å². The minimum Gasteiger partial charge on any atom is -0.378 e. The fraction of sp³-hybridized carbons (Fsp3) is 0.548. The Kier molecular flexibility index (Phi) is 9.24. The summed E-state index contributed by atoms with van der Waals surface area (Å²) in [6, 6.07) is 14.7. The summed E-state index contributed by atoms with van der Waals surface area (Å²) in [7, 11) is 3.93. The average molecular weight is 548 g/mol. The number of hydrogen-bond donors (Lipinski definition) is 4. The largest absolute Gasteiger partial charge is 0.378 e. The number of carbonyl (C=O) groups excluding carboxylic acids is 2. The molecule has 2 aromatic carbocycles. The monoisotopic (exact) mass is 547 g/mol. The van der Waals surface area contributed by atoms with Gasteiger partial charge in [-0.15, -0.1) is 0 Å². The number of anilines is 3. The Hall–Kier alpha value is -3.14. The predicted octanol–water partition coefficient (Wildman–Crippen LogP) is 4.50. The van der Waals surface area contributed by atoms with E-state index in [0.717, 1.165) is 25.3 Å². The van der Waals surface area contributed by atoms with Gasteiger partial charge in [-0.25, -0.2) is 4.79 Å². The molecule has 2 heterocycles. The van der Waals surface area contributed by atoms with Gasteiger partial charge in [-0.3, -0.25) is 20.3 Å². The normalized spacial score (nSPS) is 21.8. The van der Waals surface area contributed by atoms with Crippen molar-refractivity contribution < 1.29 is 9.59 Å². The molecule has 1 atom stereocenters. The topological polar surface area (TPSA) is 92.0 Å². The van der Waals surface area contributed by atoms with Gasteiger partial charge in [-0.2, -0.15) is 0 Å². The van der Waals surface area contributed by atoms with Gasteiger partial charge in [0.2, 0.25) is 0 Å². The Labute approximate surface area is 238 Å². The third-order valence-electron chi connectivity index (χ3n) is 8.68. The van der Waals surface area contributed by atoms with E-state index in [1.54, 1.807) is 6.07 Å². The van der Waals surface area contributed by atoms with Crippen molar-refractivity contribution in [3.05, 3.63) is 54.1 Å². The molecule has 1 spiro atoms. The van der Waals surface area contributed by atoms with E-state index in [2.05, 4.69) is 26.2 Å². The molecule has 1 unspecified atom stereocenters. The zero-order valence-corrected chi connectivity index (χ0v) is 24.0. The molecular formula is C31H45N7O2. The van der Waals surface area contributed by atoms with Crippen LogP contribution in [-0.4, -0.2) is 80.4 Å². The summed E-state index contributed by atoms with van der Waals surface area (Å²) in [5, 5.41) is 13.6. The van der Waals surface area contributed by atoms with Gasteiger partial charge in [0, 0.05) is 68.4 Å². The maximum Gasteiger partial charge on any atom is 0.321 e. The van der Waals surface area contributed by atoms with Crippen LogP contribution in [0.4, 0.5) is 21.9 Å². The number of benzene rings is 2. The van der Waals surface area contributed by atoms with E-state index in [0.29, 0.717) is 30.0 Å². The Morgan fingerprint density at radius 1 is 0.850 bits per heavy atom. The Morgan fingerprint density at radius 2 is 1.50 bits per heavy atom. The Morgan fingerprint density at radius 3 is 2.17 bits per heavy atom. The first-order chi connectivity index (χ1) is 19.4. The molecular weight excluding hydrogens is 502 g/mol. The Balaban J connectivity index is 1.11. The highest BCUT2D eigenvalue weighted by Gasteiger charge is 2.38. The molecule has 0 bridgehead atoms. The van der Waals surface area contributed by atoms with Gasteiger partial charge in [-0.05, 0) is 68.3 Å². The number of urea groups is 1. The third-order valence-corrected chi connectivity index (χ3v) is 8.68. The summed E-state index contributed by atoms with van der Waals surface area (Å²) in [6.45, 7) is 4.07. The van der Waals surface area contributed by atoms with Crippen molar-refractivity contribution in [1.82, 2.24) is 20.4 Å². The molecule has 0 radical (unpaired) electrons. The second-order valence-electron chi connectivity index (χ2n) is 11.7. The minimum absolute atomic E-state index is 0.108. The lowest BCUT2D eigenvalue weighted by Gasteiger charge is -2.49. The van der Waals surface area contributed by atoms with Crippen LogP contribution < -0.4 is 26.2 Å². The molecule has 5 rings (SSSR count). The highest BCUT2D eigenvalue weighted by Crippen LogP contribution is 2.31. The minimum atomic E-state index is -0.184. The van der Waals surface area contributed by atoms with Crippen LogP contribution in [0.3, 0.4) is 0 Å². The number of carbonyl (C=O) groups is 2. The standard InChI is InChI=1S/C31H45N7O2/c1-36(2)27-13-11-24(12-14-27)28(39)33-25-9-8-10-26(23-25)34-30(40)38-21-19-37(20-22-38)29-32-18-17-31(35-29)15-6-4-3-5-7-16-31/h8-14,23,29,32,35H,3-7,15-22H2,1-2H3,(H,33,39)(H,34,40). The summed E-state index contributed by atoms with van der Waals surface area (Å²) in [4.78, 5) is 32.1. The predicted molar refractivity (Wildman–Crippen MR) is 162 cm³/mol. The molecule has 40 heavy (non-hydrogen) atoms. The lowest BCUT2D eigenvalue weighted by Crippen LogP contribution is -2.69. The lowest BCUT2D eigenvalue weighted by atomic mass is 9.80. The van der Waals surface area contributed by atoms with Crippen LogP contribution in [0.2, 0.25) is 0 Å².